The lowest BCUT2D eigenvalue weighted by atomic mass is 9.83. The van der Waals surface area contributed by atoms with Crippen LogP contribution in [0.3, 0.4) is 0 Å². The lowest BCUT2D eigenvalue weighted by Crippen LogP contribution is -2.74. The van der Waals surface area contributed by atoms with Crippen molar-refractivity contribution in [3.63, 3.8) is 0 Å². The van der Waals surface area contributed by atoms with Crippen LogP contribution >= 0.6 is 0 Å². The van der Waals surface area contributed by atoms with Crippen molar-refractivity contribution < 1.29 is 89.3 Å². The summed E-state index contributed by atoms with van der Waals surface area (Å²) in [6.07, 6.45) is -10.9. The fourth-order valence-corrected chi connectivity index (χ4v) is 2.94. The molecular weight excluding hydrogens is 599 g/mol. The molecule has 0 saturated carbocycles. The van der Waals surface area contributed by atoms with E-state index in [2.05, 4.69) is 4.74 Å². The maximum atomic E-state index is 14.3. The van der Waals surface area contributed by atoms with Crippen LogP contribution in [0.4, 0.5) is 74.6 Å². The minimum atomic E-state index is -8.74. The normalized spacial score (nSPS) is 16.6. The Bertz CT molecular complexity index is 1060. The highest BCUT2D eigenvalue weighted by Gasteiger charge is 2.95. The van der Waals surface area contributed by atoms with Crippen molar-refractivity contribution in [1.82, 2.24) is 0 Å². The predicted octanol–water partition coefficient (Wildman–Crippen LogP) is 7.08. The third kappa shape index (κ3) is 5.07. The Morgan fingerprint density at radius 3 is 1.46 bits per heavy atom. The van der Waals surface area contributed by atoms with Gasteiger partial charge in [0.2, 0.25) is 0 Å². The number of hydrogen-bond acceptors (Lipinski definition) is 3. The van der Waals surface area contributed by atoms with Crippen molar-refractivity contribution in [2.45, 2.75) is 66.6 Å². The van der Waals surface area contributed by atoms with E-state index in [1.165, 1.54) is 0 Å². The highest BCUT2D eigenvalue weighted by Crippen LogP contribution is 2.64. The van der Waals surface area contributed by atoms with Gasteiger partial charge in [-0.3, -0.25) is 0 Å². The van der Waals surface area contributed by atoms with E-state index in [1.807, 2.05) is 0 Å². The van der Waals surface area contributed by atoms with E-state index in [0.717, 1.165) is 19.2 Å². The topological polar surface area (TPSA) is 46.5 Å². The van der Waals surface area contributed by atoms with Crippen LogP contribution in [-0.2, 0) is 10.3 Å². The molecule has 1 aromatic carbocycles. The number of aliphatic hydroxyl groups is 1. The van der Waals surface area contributed by atoms with Gasteiger partial charge in [0.1, 0.15) is 0 Å². The Labute approximate surface area is 205 Å². The zero-order chi connectivity index (χ0) is 31.5. The maximum absolute atomic E-state index is 14.3. The molecule has 1 aromatic rings. The average Bonchev–Trinajstić information content (AvgIpc) is 2.76. The summed E-state index contributed by atoms with van der Waals surface area (Å²) in [5, 5.41) is 10.1. The van der Waals surface area contributed by atoms with E-state index in [4.69, 9.17) is 0 Å². The van der Waals surface area contributed by atoms with Gasteiger partial charge in [0, 0.05) is 0 Å². The van der Waals surface area contributed by atoms with E-state index in [1.54, 1.807) is 0 Å². The molecule has 0 bridgehead atoms. The molecule has 0 heterocycles. The second-order valence-electron chi connectivity index (χ2n) is 8.17. The van der Waals surface area contributed by atoms with Gasteiger partial charge in [-0.1, -0.05) is 12.1 Å². The van der Waals surface area contributed by atoms with Crippen LogP contribution in [0.25, 0.3) is 0 Å². The lowest BCUT2D eigenvalue weighted by molar-refractivity contribution is -0.462. The molecule has 0 aliphatic rings. The molecule has 1 atom stereocenters. The van der Waals surface area contributed by atoms with Gasteiger partial charge in [0.15, 0.2) is 0 Å². The summed E-state index contributed by atoms with van der Waals surface area (Å²) in [5.41, 5.74) is -5.12. The molecule has 20 heteroatoms. The summed E-state index contributed by atoms with van der Waals surface area (Å²) in [4.78, 5) is 11.5. The summed E-state index contributed by atoms with van der Waals surface area (Å²) in [6, 6.07) is 2.69. The molecule has 1 rings (SSSR count). The first kappa shape index (κ1) is 34.5. The molecule has 0 amide bonds. The first-order valence-corrected chi connectivity index (χ1v) is 9.53. The quantitative estimate of drug-likeness (QED) is 0.227. The van der Waals surface area contributed by atoms with Crippen molar-refractivity contribution in [2.75, 3.05) is 7.11 Å². The molecule has 0 fully saturated rings. The van der Waals surface area contributed by atoms with E-state index in [-0.39, 0.29) is 6.92 Å². The van der Waals surface area contributed by atoms with E-state index in [0.29, 0.717) is 12.1 Å². The fraction of sp³-hybridized carbons (Fsp3) is 0.632. The molecule has 226 valence electrons. The third-order valence-corrected chi connectivity index (χ3v) is 5.26. The van der Waals surface area contributed by atoms with Crippen molar-refractivity contribution in [3.05, 3.63) is 35.4 Å². The zero-order valence-corrected chi connectivity index (χ0v) is 18.7. The van der Waals surface area contributed by atoms with Crippen LogP contribution in [0.15, 0.2) is 24.3 Å². The van der Waals surface area contributed by atoms with E-state index >= 15 is 0 Å². The van der Waals surface area contributed by atoms with Crippen molar-refractivity contribution in [3.8, 4) is 0 Å². The minimum Gasteiger partial charge on any atom is -0.465 e. The van der Waals surface area contributed by atoms with Crippen LogP contribution in [-0.4, -0.2) is 65.8 Å². The zero-order valence-electron chi connectivity index (χ0n) is 18.7. The third-order valence-electron chi connectivity index (χ3n) is 5.26. The van der Waals surface area contributed by atoms with Crippen LogP contribution in [0.1, 0.15) is 29.3 Å². The van der Waals surface area contributed by atoms with Gasteiger partial charge in [-0.05, 0) is 24.6 Å². The number of esters is 1. The maximum Gasteiger partial charge on any atom is 0.460 e. The molecule has 0 aliphatic heterocycles. The van der Waals surface area contributed by atoms with Crippen molar-refractivity contribution in [1.29, 1.82) is 0 Å². The van der Waals surface area contributed by atoms with Gasteiger partial charge >= 0.3 is 53.6 Å². The van der Waals surface area contributed by atoms with Crippen LogP contribution in [0, 0.1) is 0 Å². The molecule has 0 spiro atoms. The van der Waals surface area contributed by atoms with Crippen molar-refractivity contribution in [2.24, 2.45) is 0 Å². The SMILES string of the molecule is COC(=O)c1cccc(C(C)(O)CC(F)(F)C(F)(F)C(F)(F)C(F)(F)C(F)(F)C(F)(F)C(F)(F)C(F)(F)F)c1. The van der Waals surface area contributed by atoms with E-state index < -0.39 is 76.8 Å². The Morgan fingerprint density at radius 2 is 1.08 bits per heavy atom. The average molecular weight is 612 g/mol. The lowest BCUT2D eigenvalue weighted by Gasteiger charge is -2.43. The number of ether oxygens (including phenoxy) is 1. The van der Waals surface area contributed by atoms with Gasteiger partial charge in [0.05, 0.1) is 24.7 Å². The van der Waals surface area contributed by atoms with Gasteiger partial charge < -0.3 is 9.84 Å². The number of carbonyl (C=O) groups is 1. The highest BCUT2D eigenvalue weighted by atomic mass is 19.4. The largest absolute Gasteiger partial charge is 0.465 e. The molecule has 39 heavy (non-hydrogen) atoms. The standard InChI is InChI=1S/C19H13F17O3/c1-11(38,9-5-3-4-8(6-9)10(37)39-2)7-12(20,21)13(22,23)14(24,25)15(26,27)16(28,29)17(30,31)18(32,33)19(34,35)36/h3-6,38H,7H2,1-2H3. The Kier molecular flexibility index (Phi) is 8.43. The first-order valence-electron chi connectivity index (χ1n) is 9.53. The summed E-state index contributed by atoms with van der Waals surface area (Å²) in [5.74, 6) is -58.7. The molecule has 0 saturated heterocycles. The second-order valence-corrected chi connectivity index (χ2v) is 8.17. The summed E-state index contributed by atoms with van der Waals surface area (Å²) < 4.78 is 232. The van der Waals surface area contributed by atoms with E-state index in [9.17, 15) is 84.5 Å². The molecule has 1 unspecified atom stereocenters. The van der Waals surface area contributed by atoms with Gasteiger partial charge in [-0.2, -0.15) is 74.6 Å². The highest BCUT2D eigenvalue weighted by molar-refractivity contribution is 5.89. The predicted molar refractivity (Wildman–Crippen MR) is 92.7 cm³/mol. The Hall–Kier alpha value is -2.54. The summed E-state index contributed by atoms with van der Waals surface area (Å²) in [6.45, 7) is 0.135. The van der Waals surface area contributed by atoms with Crippen LogP contribution < -0.4 is 0 Å². The minimum absolute atomic E-state index is 0.135. The van der Waals surface area contributed by atoms with Gasteiger partial charge in [-0.15, -0.1) is 0 Å². The number of hydrogen-bond donors (Lipinski definition) is 1. The fourth-order valence-electron chi connectivity index (χ4n) is 2.94. The molecule has 0 radical (unpaired) electrons. The number of rotatable bonds is 10. The molecule has 0 aliphatic carbocycles. The van der Waals surface area contributed by atoms with Gasteiger partial charge in [0.25, 0.3) is 0 Å². The summed E-state index contributed by atoms with van der Waals surface area (Å²) in [7, 11) is 0.786. The number of benzene rings is 1. The number of carbonyl (C=O) groups excluding carboxylic acids is 1. The van der Waals surface area contributed by atoms with Crippen LogP contribution in [0.2, 0.25) is 0 Å². The van der Waals surface area contributed by atoms with Crippen LogP contribution in [0.5, 0.6) is 0 Å². The smallest absolute Gasteiger partial charge is 0.460 e. The number of alkyl halides is 17. The van der Waals surface area contributed by atoms with Crippen molar-refractivity contribution >= 4 is 5.97 Å². The molecule has 3 nitrogen and oxygen atoms in total. The van der Waals surface area contributed by atoms with Gasteiger partial charge in [-0.25, -0.2) is 4.79 Å². The first-order chi connectivity index (χ1) is 16.9. The Balaban J connectivity index is 3.62. The molecular formula is C19H13F17O3. The monoisotopic (exact) mass is 612 g/mol. The number of halogens is 17. The Morgan fingerprint density at radius 1 is 0.692 bits per heavy atom. The molecule has 1 N–H and O–H groups in total. The summed E-state index contributed by atoms with van der Waals surface area (Å²) >= 11 is 0. The second kappa shape index (κ2) is 9.53. The molecule has 0 aromatic heterocycles. The number of methoxy groups -OCH3 is 1.